The van der Waals surface area contributed by atoms with Crippen LogP contribution in [-0.2, 0) is 0 Å². The molecule has 0 bridgehead atoms. The Hall–Kier alpha value is -1.52. The van der Waals surface area contributed by atoms with Gasteiger partial charge in [-0.1, -0.05) is 49.7 Å². The Bertz CT molecular complexity index is 643. The van der Waals surface area contributed by atoms with Crippen LogP contribution in [0.4, 0.5) is 0 Å². The van der Waals surface area contributed by atoms with Crippen LogP contribution < -0.4 is 0 Å². The number of benzene rings is 2. The van der Waals surface area contributed by atoms with Gasteiger partial charge in [0.1, 0.15) is 0 Å². The maximum absolute atomic E-state index is 11.5. The molecule has 122 valence electrons. The number of rotatable bonds is 7. The quantitative estimate of drug-likeness (QED) is 0.369. The van der Waals surface area contributed by atoms with E-state index in [2.05, 4.69) is 6.92 Å². The minimum absolute atomic E-state index is 0.173. The number of nitrogens with zero attached hydrogens (tertiary/aromatic N) is 1. The minimum Gasteiger partial charge on any atom is -0.264 e. The maximum atomic E-state index is 11.5. The van der Waals surface area contributed by atoms with Crippen molar-refractivity contribution in [2.75, 3.05) is 5.75 Å². The minimum atomic E-state index is -0.652. The van der Waals surface area contributed by atoms with Crippen molar-refractivity contribution in [2.45, 2.75) is 37.1 Å². The fourth-order valence-electron chi connectivity index (χ4n) is 2.75. The van der Waals surface area contributed by atoms with E-state index in [1.807, 2.05) is 43.3 Å². The predicted octanol–water partition coefficient (Wildman–Crippen LogP) is 5.64. The summed E-state index contributed by atoms with van der Waals surface area (Å²) in [7, 11) is 0. The topological polar surface area (TPSA) is 43.1 Å². The van der Waals surface area contributed by atoms with Crippen LogP contribution in [0.5, 0.6) is 0 Å². The molecule has 2 rings (SSSR count). The van der Waals surface area contributed by atoms with Gasteiger partial charge in [-0.25, -0.2) is 0 Å². The Morgan fingerprint density at radius 3 is 2.00 bits per heavy atom. The average Bonchev–Trinajstić information content (AvgIpc) is 2.54. The molecule has 2 atom stereocenters. The van der Waals surface area contributed by atoms with Crippen LogP contribution in [0.1, 0.15) is 37.3 Å². The van der Waals surface area contributed by atoms with Crippen LogP contribution in [0.2, 0.25) is 5.02 Å². The molecule has 0 spiro atoms. The number of hydrogen-bond donors (Lipinski definition) is 0. The van der Waals surface area contributed by atoms with Crippen LogP contribution in [0.25, 0.3) is 0 Å². The van der Waals surface area contributed by atoms with Gasteiger partial charge in [0.05, 0.1) is 5.92 Å². The lowest BCUT2D eigenvalue weighted by molar-refractivity contribution is -0.525. The standard InChI is InChI=1S/C18H20ClNO2S/c1-3-17(20(21)22)18(13-5-9-15(19)10-6-13)14-7-11-16(12-8-14)23-4-2/h5-12,17-18H,3-4H2,1-2H3. The Morgan fingerprint density at radius 1 is 1.04 bits per heavy atom. The Kier molecular flexibility index (Phi) is 6.48. The maximum Gasteiger partial charge on any atom is 0.223 e. The van der Waals surface area contributed by atoms with Gasteiger partial charge in [-0.15, -0.1) is 11.8 Å². The van der Waals surface area contributed by atoms with Crippen molar-refractivity contribution in [1.82, 2.24) is 0 Å². The largest absolute Gasteiger partial charge is 0.264 e. The fraction of sp³-hybridized carbons (Fsp3) is 0.333. The van der Waals surface area contributed by atoms with Crippen molar-refractivity contribution in [3.8, 4) is 0 Å². The van der Waals surface area contributed by atoms with Crippen molar-refractivity contribution >= 4 is 23.4 Å². The summed E-state index contributed by atoms with van der Waals surface area (Å²) in [6.07, 6.45) is 0.478. The van der Waals surface area contributed by atoms with E-state index in [1.54, 1.807) is 23.9 Å². The normalized spacial score (nSPS) is 13.5. The van der Waals surface area contributed by atoms with Gasteiger partial charge in [0.15, 0.2) is 0 Å². The summed E-state index contributed by atoms with van der Waals surface area (Å²) in [4.78, 5) is 12.5. The first-order valence-electron chi connectivity index (χ1n) is 7.68. The highest BCUT2D eigenvalue weighted by atomic mass is 35.5. The molecule has 2 aromatic carbocycles. The molecular formula is C18H20ClNO2S. The molecule has 0 N–H and O–H groups in total. The zero-order chi connectivity index (χ0) is 16.8. The SMILES string of the molecule is CCSc1ccc(C(c2ccc(Cl)cc2)C(CC)[N+](=O)[O-])cc1. The summed E-state index contributed by atoms with van der Waals surface area (Å²) >= 11 is 7.72. The molecule has 2 aromatic rings. The van der Waals surface area contributed by atoms with Crippen molar-refractivity contribution in [2.24, 2.45) is 0 Å². The van der Waals surface area contributed by atoms with Crippen LogP contribution in [-0.4, -0.2) is 16.7 Å². The summed E-state index contributed by atoms with van der Waals surface area (Å²) in [5.74, 6) is 0.736. The highest BCUT2D eigenvalue weighted by molar-refractivity contribution is 7.99. The van der Waals surface area contributed by atoms with Crippen molar-refractivity contribution < 1.29 is 4.92 Å². The third-order valence-electron chi connectivity index (χ3n) is 3.85. The Labute approximate surface area is 146 Å². The molecular weight excluding hydrogens is 330 g/mol. The lowest BCUT2D eigenvalue weighted by atomic mass is 9.84. The van der Waals surface area contributed by atoms with E-state index in [0.717, 1.165) is 16.9 Å². The first kappa shape index (κ1) is 17.8. The van der Waals surface area contributed by atoms with Gasteiger partial charge in [0.2, 0.25) is 6.04 Å². The van der Waals surface area contributed by atoms with Crippen LogP contribution in [0.3, 0.4) is 0 Å². The van der Waals surface area contributed by atoms with Crippen molar-refractivity contribution in [3.05, 3.63) is 74.8 Å². The molecule has 0 saturated carbocycles. The van der Waals surface area contributed by atoms with Crippen LogP contribution in [0.15, 0.2) is 53.4 Å². The van der Waals surface area contributed by atoms with E-state index in [1.165, 1.54) is 4.90 Å². The highest BCUT2D eigenvalue weighted by Gasteiger charge is 2.32. The molecule has 0 aliphatic carbocycles. The summed E-state index contributed by atoms with van der Waals surface area (Å²) in [5.41, 5.74) is 1.89. The molecule has 2 unspecified atom stereocenters. The lowest BCUT2D eigenvalue weighted by Gasteiger charge is -2.21. The van der Waals surface area contributed by atoms with E-state index in [9.17, 15) is 10.1 Å². The first-order valence-corrected chi connectivity index (χ1v) is 9.04. The van der Waals surface area contributed by atoms with E-state index < -0.39 is 6.04 Å². The number of thioether (sulfide) groups is 1. The van der Waals surface area contributed by atoms with Crippen LogP contribution in [0, 0.1) is 10.1 Å². The molecule has 0 saturated heterocycles. The summed E-state index contributed by atoms with van der Waals surface area (Å²) in [6, 6.07) is 14.8. The number of halogens is 1. The first-order chi connectivity index (χ1) is 11.1. The molecule has 23 heavy (non-hydrogen) atoms. The van der Waals surface area contributed by atoms with Crippen molar-refractivity contribution in [1.29, 1.82) is 0 Å². The number of hydrogen-bond acceptors (Lipinski definition) is 3. The summed E-state index contributed by atoms with van der Waals surface area (Å²) < 4.78 is 0. The molecule has 0 aliphatic rings. The zero-order valence-electron chi connectivity index (χ0n) is 13.2. The van der Waals surface area contributed by atoms with E-state index in [-0.39, 0.29) is 10.8 Å². The van der Waals surface area contributed by atoms with E-state index in [4.69, 9.17) is 11.6 Å². The number of nitro groups is 1. The second-order valence-electron chi connectivity index (χ2n) is 5.29. The van der Waals surface area contributed by atoms with Crippen LogP contribution >= 0.6 is 23.4 Å². The van der Waals surface area contributed by atoms with Gasteiger partial charge in [-0.2, -0.15) is 0 Å². The molecule has 0 radical (unpaired) electrons. The Balaban J connectivity index is 2.43. The average molecular weight is 350 g/mol. The molecule has 5 heteroatoms. The van der Waals surface area contributed by atoms with Gasteiger partial charge < -0.3 is 0 Å². The molecule has 3 nitrogen and oxygen atoms in total. The highest BCUT2D eigenvalue weighted by Crippen LogP contribution is 2.33. The third-order valence-corrected chi connectivity index (χ3v) is 5.00. The predicted molar refractivity (Wildman–Crippen MR) is 97.2 cm³/mol. The van der Waals surface area contributed by atoms with Gasteiger partial charge in [-0.3, -0.25) is 10.1 Å². The fourth-order valence-corrected chi connectivity index (χ4v) is 3.54. The molecule has 0 aromatic heterocycles. The Morgan fingerprint density at radius 2 is 1.57 bits per heavy atom. The summed E-state index contributed by atoms with van der Waals surface area (Å²) in [5, 5.41) is 12.2. The molecule has 0 heterocycles. The molecule has 0 fully saturated rings. The van der Waals surface area contributed by atoms with Gasteiger partial charge in [-0.05, 0) is 41.1 Å². The smallest absolute Gasteiger partial charge is 0.223 e. The second-order valence-corrected chi connectivity index (χ2v) is 7.07. The molecule has 0 aliphatic heterocycles. The van der Waals surface area contributed by atoms with Crippen molar-refractivity contribution in [3.63, 3.8) is 0 Å². The van der Waals surface area contributed by atoms with Gasteiger partial charge >= 0.3 is 0 Å². The molecule has 0 amide bonds. The van der Waals surface area contributed by atoms with E-state index in [0.29, 0.717) is 11.4 Å². The second kappa shape index (κ2) is 8.37. The van der Waals surface area contributed by atoms with Gasteiger partial charge in [0, 0.05) is 21.3 Å². The lowest BCUT2D eigenvalue weighted by Crippen LogP contribution is -2.27. The summed E-state index contributed by atoms with van der Waals surface area (Å²) in [6.45, 7) is 3.96. The zero-order valence-corrected chi connectivity index (χ0v) is 14.8. The third kappa shape index (κ3) is 4.49. The van der Waals surface area contributed by atoms with Gasteiger partial charge in [0.25, 0.3) is 0 Å². The monoisotopic (exact) mass is 349 g/mol. The van der Waals surface area contributed by atoms with E-state index >= 15 is 0 Å².